The van der Waals surface area contributed by atoms with Crippen LogP contribution in [0.25, 0.3) is 11.5 Å². The summed E-state index contributed by atoms with van der Waals surface area (Å²) in [4.78, 5) is 12.9. The molecule has 0 unspecified atom stereocenters. The van der Waals surface area contributed by atoms with Crippen LogP contribution in [0.2, 0.25) is 0 Å². The summed E-state index contributed by atoms with van der Waals surface area (Å²) >= 11 is 0. The average Bonchev–Trinajstić information content (AvgIpc) is 3.32. The molecule has 2 heterocycles. The van der Waals surface area contributed by atoms with Gasteiger partial charge >= 0.3 is 0 Å². The highest BCUT2D eigenvalue weighted by Crippen LogP contribution is 2.32. The van der Waals surface area contributed by atoms with Gasteiger partial charge < -0.3 is 14.2 Å². The Morgan fingerprint density at radius 3 is 2.20 bits per heavy atom. The number of para-hydroxylation sites is 1. The smallest absolute Gasteiger partial charge is 0.230 e. The zero-order chi connectivity index (χ0) is 17.1. The Hall–Kier alpha value is -3.53. The van der Waals surface area contributed by atoms with Crippen molar-refractivity contribution in [3.05, 3.63) is 96.4 Å². The average molecular weight is 329 g/mol. The zero-order valence-electron chi connectivity index (χ0n) is 13.3. The molecule has 122 valence electrons. The van der Waals surface area contributed by atoms with Crippen LogP contribution in [-0.4, -0.2) is 5.78 Å². The molecule has 0 spiro atoms. The van der Waals surface area contributed by atoms with Gasteiger partial charge in [0, 0.05) is 17.3 Å². The normalized spacial score (nSPS) is 10.6. The predicted octanol–water partition coefficient (Wildman–Crippen LogP) is 5.51. The van der Waals surface area contributed by atoms with E-state index >= 15 is 0 Å². The van der Waals surface area contributed by atoms with Crippen LogP contribution >= 0.6 is 0 Å². The second kappa shape index (κ2) is 6.53. The lowest BCUT2D eigenvalue weighted by atomic mass is 10.1. The molecule has 2 aromatic carbocycles. The third-order valence-electron chi connectivity index (χ3n) is 3.79. The second-order valence-corrected chi connectivity index (χ2v) is 5.52. The Balaban J connectivity index is 1.77. The van der Waals surface area contributed by atoms with Crippen LogP contribution in [0, 0.1) is 0 Å². The maximum absolute atomic E-state index is 12.9. The van der Waals surface area contributed by atoms with Crippen molar-refractivity contribution in [2.24, 2.45) is 0 Å². The van der Waals surface area contributed by atoms with Gasteiger partial charge in [0.1, 0.15) is 0 Å². The highest BCUT2D eigenvalue weighted by Gasteiger charge is 2.21. The van der Waals surface area contributed by atoms with Crippen molar-refractivity contribution in [3.63, 3.8) is 0 Å². The third kappa shape index (κ3) is 3.10. The molecule has 0 saturated heterocycles. The first kappa shape index (κ1) is 15.0. The minimum Gasteiger partial charge on any atom is -0.461 e. The van der Waals surface area contributed by atoms with E-state index in [0.29, 0.717) is 22.8 Å². The molecule has 1 N–H and O–H groups in total. The SMILES string of the molecule is O=C(c1ccccc1)c1oc(-c2ccco2)cc1Nc1ccccc1. The second-order valence-electron chi connectivity index (χ2n) is 5.52. The third-order valence-corrected chi connectivity index (χ3v) is 3.79. The van der Waals surface area contributed by atoms with E-state index in [-0.39, 0.29) is 11.5 Å². The van der Waals surface area contributed by atoms with E-state index in [1.165, 1.54) is 0 Å². The van der Waals surface area contributed by atoms with Crippen LogP contribution in [-0.2, 0) is 0 Å². The van der Waals surface area contributed by atoms with Crippen molar-refractivity contribution in [2.45, 2.75) is 0 Å². The van der Waals surface area contributed by atoms with Crippen LogP contribution in [0.4, 0.5) is 11.4 Å². The van der Waals surface area contributed by atoms with Gasteiger partial charge in [-0.05, 0) is 24.3 Å². The fourth-order valence-corrected chi connectivity index (χ4v) is 2.59. The van der Waals surface area contributed by atoms with Gasteiger partial charge in [-0.25, -0.2) is 0 Å². The zero-order valence-corrected chi connectivity index (χ0v) is 13.3. The Bertz CT molecular complexity index is 971. The fraction of sp³-hybridized carbons (Fsp3) is 0. The number of carbonyl (C=O) groups is 1. The lowest BCUT2D eigenvalue weighted by Gasteiger charge is -2.05. The standard InChI is InChI=1S/C21H15NO3/c23-20(15-8-3-1-4-9-15)21-17(22-16-10-5-2-6-11-16)14-19(25-21)18-12-7-13-24-18/h1-14,22H. The lowest BCUT2D eigenvalue weighted by Crippen LogP contribution is -2.02. The molecular formula is C21H15NO3. The molecule has 4 nitrogen and oxygen atoms in total. The first-order valence-corrected chi connectivity index (χ1v) is 7.91. The van der Waals surface area contributed by atoms with Crippen molar-refractivity contribution >= 4 is 17.2 Å². The molecule has 0 saturated carbocycles. The number of hydrogen-bond acceptors (Lipinski definition) is 4. The van der Waals surface area contributed by atoms with Gasteiger partial charge in [0.2, 0.25) is 5.78 Å². The van der Waals surface area contributed by atoms with Crippen molar-refractivity contribution in [2.75, 3.05) is 5.32 Å². The Morgan fingerprint density at radius 2 is 1.52 bits per heavy atom. The van der Waals surface area contributed by atoms with Gasteiger partial charge in [0.05, 0.1) is 12.0 Å². The molecule has 0 atom stereocenters. The van der Waals surface area contributed by atoms with Crippen molar-refractivity contribution in [1.29, 1.82) is 0 Å². The Labute approximate surface area is 144 Å². The van der Waals surface area contributed by atoms with E-state index in [2.05, 4.69) is 5.32 Å². The highest BCUT2D eigenvalue weighted by molar-refractivity contribution is 6.11. The number of carbonyl (C=O) groups excluding carboxylic acids is 1. The van der Waals surface area contributed by atoms with E-state index in [9.17, 15) is 4.79 Å². The molecule has 2 aromatic heterocycles. The molecule has 0 aliphatic rings. The van der Waals surface area contributed by atoms with Crippen LogP contribution in [0.5, 0.6) is 0 Å². The van der Waals surface area contributed by atoms with E-state index < -0.39 is 0 Å². The maximum atomic E-state index is 12.9. The predicted molar refractivity (Wildman–Crippen MR) is 96.0 cm³/mol. The van der Waals surface area contributed by atoms with E-state index in [1.807, 2.05) is 48.5 Å². The lowest BCUT2D eigenvalue weighted by molar-refractivity contribution is 0.101. The molecule has 0 bridgehead atoms. The number of furan rings is 2. The summed E-state index contributed by atoms with van der Waals surface area (Å²) in [5.41, 5.74) is 2.04. The van der Waals surface area contributed by atoms with Crippen molar-refractivity contribution < 1.29 is 13.6 Å². The quantitative estimate of drug-likeness (QED) is 0.490. The summed E-state index contributed by atoms with van der Waals surface area (Å²) in [6, 6.07) is 24.1. The summed E-state index contributed by atoms with van der Waals surface area (Å²) in [7, 11) is 0. The fourth-order valence-electron chi connectivity index (χ4n) is 2.59. The topological polar surface area (TPSA) is 55.4 Å². The summed E-state index contributed by atoms with van der Waals surface area (Å²) < 4.78 is 11.2. The Morgan fingerprint density at radius 1 is 0.800 bits per heavy atom. The largest absolute Gasteiger partial charge is 0.461 e. The van der Waals surface area contributed by atoms with Crippen molar-refractivity contribution in [3.8, 4) is 11.5 Å². The van der Waals surface area contributed by atoms with Crippen LogP contribution in [0.3, 0.4) is 0 Å². The van der Waals surface area contributed by atoms with Crippen LogP contribution < -0.4 is 5.32 Å². The van der Waals surface area contributed by atoms with Gasteiger partial charge in [-0.1, -0.05) is 48.5 Å². The monoisotopic (exact) mass is 329 g/mol. The molecule has 4 aromatic rings. The molecule has 0 aliphatic carbocycles. The Kier molecular flexibility index (Phi) is 3.92. The number of ketones is 1. The molecule has 0 radical (unpaired) electrons. The molecule has 0 amide bonds. The molecule has 25 heavy (non-hydrogen) atoms. The van der Waals surface area contributed by atoms with Gasteiger partial charge in [-0.2, -0.15) is 0 Å². The number of anilines is 2. The van der Waals surface area contributed by atoms with E-state index in [0.717, 1.165) is 5.69 Å². The van der Waals surface area contributed by atoms with Gasteiger partial charge in [0.25, 0.3) is 0 Å². The van der Waals surface area contributed by atoms with Gasteiger partial charge in [-0.3, -0.25) is 4.79 Å². The molecule has 0 aliphatic heterocycles. The molecular weight excluding hydrogens is 314 g/mol. The van der Waals surface area contributed by atoms with Gasteiger partial charge in [0.15, 0.2) is 17.3 Å². The van der Waals surface area contributed by atoms with Crippen molar-refractivity contribution in [1.82, 2.24) is 0 Å². The molecule has 0 fully saturated rings. The van der Waals surface area contributed by atoms with Crippen LogP contribution in [0.1, 0.15) is 16.1 Å². The molecule has 4 rings (SSSR count). The minimum atomic E-state index is -0.183. The first-order chi connectivity index (χ1) is 12.3. The summed E-state index contributed by atoms with van der Waals surface area (Å²) in [6.07, 6.45) is 1.57. The summed E-state index contributed by atoms with van der Waals surface area (Å²) in [5, 5.41) is 3.25. The highest BCUT2D eigenvalue weighted by atomic mass is 16.4. The van der Waals surface area contributed by atoms with E-state index in [4.69, 9.17) is 8.83 Å². The van der Waals surface area contributed by atoms with E-state index in [1.54, 1.807) is 36.6 Å². The molecule has 4 heteroatoms. The minimum absolute atomic E-state index is 0.183. The first-order valence-electron chi connectivity index (χ1n) is 7.91. The van der Waals surface area contributed by atoms with Crippen LogP contribution in [0.15, 0.2) is 94.0 Å². The summed E-state index contributed by atoms with van der Waals surface area (Å²) in [6.45, 7) is 0. The number of rotatable bonds is 5. The number of hydrogen-bond donors (Lipinski definition) is 1. The number of nitrogens with one attached hydrogen (secondary N) is 1. The number of benzene rings is 2. The maximum Gasteiger partial charge on any atom is 0.230 e. The summed E-state index contributed by atoms with van der Waals surface area (Å²) in [5.74, 6) is 1.14. The van der Waals surface area contributed by atoms with Gasteiger partial charge in [-0.15, -0.1) is 0 Å².